The van der Waals surface area contributed by atoms with Gasteiger partial charge in [0.25, 0.3) is 0 Å². The summed E-state index contributed by atoms with van der Waals surface area (Å²) in [6.45, 7) is 4.05. The molecule has 1 amide bonds. The van der Waals surface area contributed by atoms with Gasteiger partial charge in [0.2, 0.25) is 5.91 Å². The monoisotopic (exact) mass is 382 g/mol. The average Bonchev–Trinajstić information content (AvgIpc) is 2.68. The number of piperazine rings is 1. The van der Waals surface area contributed by atoms with E-state index in [-0.39, 0.29) is 11.7 Å². The van der Waals surface area contributed by atoms with Crippen LogP contribution in [0.1, 0.15) is 30.4 Å². The van der Waals surface area contributed by atoms with Crippen LogP contribution in [0.5, 0.6) is 5.75 Å². The molecule has 2 aromatic rings. The maximum Gasteiger partial charge on any atom is 0.233 e. The lowest BCUT2D eigenvalue weighted by molar-refractivity contribution is -0.142. The highest BCUT2D eigenvalue weighted by Crippen LogP contribution is 2.45. The molecule has 0 radical (unpaired) electrons. The van der Waals surface area contributed by atoms with E-state index < -0.39 is 5.41 Å². The molecule has 1 aliphatic carbocycles. The Morgan fingerprint density at radius 3 is 2.36 bits per heavy atom. The van der Waals surface area contributed by atoms with Crippen molar-refractivity contribution in [3.8, 4) is 5.75 Å². The van der Waals surface area contributed by atoms with Crippen LogP contribution in [0.25, 0.3) is 0 Å². The number of halogens is 1. The number of benzene rings is 2. The third kappa shape index (κ3) is 3.63. The topological polar surface area (TPSA) is 32.8 Å². The lowest BCUT2D eigenvalue weighted by Crippen LogP contribution is -2.56. The third-order valence-corrected chi connectivity index (χ3v) is 6.22. The molecule has 1 heterocycles. The van der Waals surface area contributed by atoms with E-state index in [1.807, 2.05) is 23.1 Å². The van der Waals surface area contributed by atoms with Gasteiger partial charge in [0.1, 0.15) is 11.6 Å². The summed E-state index contributed by atoms with van der Waals surface area (Å²) in [7, 11) is 1.67. The first kappa shape index (κ1) is 18.9. The van der Waals surface area contributed by atoms with Crippen LogP contribution in [-0.2, 0) is 16.8 Å². The van der Waals surface area contributed by atoms with Crippen molar-refractivity contribution in [2.75, 3.05) is 33.3 Å². The number of carbonyl (C=O) groups excluding carboxylic acids is 1. The highest BCUT2D eigenvalue weighted by Gasteiger charge is 2.48. The molecule has 148 valence electrons. The average molecular weight is 382 g/mol. The first-order chi connectivity index (χ1) is 13.6. The molecule has 0 N–H and O–H groups in total. The molecule has 5 heteroatoms. The van der Waals surface area contributed by atoms with Gasteiger partial charge in [-0.2, -0.15) is 0 Å². The number of rotatable bonds is 5. The molecule has 4 nitrogen and oxygen atoms in total. The van der Waals surface area contributed by atoms with E-state index in [9.17, 15) is 9.18 Å². The van der Waals surface area contributed by atoms with Crippen LogP contribution in [0.2, 0.25) is 0 Å². The molecule has 2 fully saturated rings. The SMILES string of the molecule is COc1ccc(CN2CCN(C(=O)C3(c4cccc(F)c4)CCC3)CC2)cc1. The number of amides is 1. The van der Waals surface area contributed by atoms with Gasteiger partial charge in [-0.1, -0.05) is 30.7 Å². The minimum Gasteiger partial charge on any atom is -0.497 e. The normalized spacial score (nSPS) is 19.1. The fraction of sp³-hybridized carbons (Fsp3) is 0.435. The summed E-state index contributed by atoms with van der Waals surface area (Å²) in [6.07, 6.45) is 2.67. The third-order valence-electron chi connectivity index (χ3n) is 6.22. The highest BCUT2D eigenvalue weighted by molar-refractivity contribution is 5.89. The molecule has 1 saturated heterocycles. The second-order valence-corrected chi connectivity index (χ2v) is 7.86. The van der Waals surface area contributed by atoms with E-state index in [0.29, 0.717) is 0 Å². The predicted molar refractivity (Wildman–Crippen MR) is 107 cm³/mol. The zero-order chi connectivity index (χ0) is 19.6. The van der Waals surface area contributed by atoms with Gasteiger partial charge < -0.3 is 9.64 Å². The van der Waals surface area contributed by atoms with Crippen LogP contribution in [0.15, 0.2) is 48.5 Å². The molecule has 0 aromatic heterocycles. The minimum absolute atomic E-state index is 0.174. The van der Waals surface area contributed by atoms with Crippen molar-refractivity contribution in [2.24, 2.45) is 0 Å². The Morgan fingerprint density at radius 2 is 1.79 bits per heavy atom. The number of nitrogens with zero attached hydrogens (tertiary/aromatic N) is 2. The Kier molecular flexibility index (Phi) is 5.36. The van der Waals surface area contributed by atoms with Gasteiger partial charge in [0, 0.05) is 32.7 Å². The second-order valence-electron chi connectivity index (χ2n) is 7.86. The van der Waals surface area contributed by atoms with Crippen LogP contribution < -0.4 is 4.74 Å². The summed E-state index contributed by atoms with van der Waals surface area (Å²) in [4.78, 5) is 17.7. The van der Waals surface area contributed by atoms with Gasteiger partial charge >= 0.3 is 0 Å². The van der Waals surface area contributed by atoms with Crippen LogP contribution in [-0.4, -0.2) is 49.0 Å². The Labute approximate surface area is 165 Å². The molecule has 2 aliphatic rings. The zero-order valence-electron chi connectivity index (χ0n) is 16.4. The molecule has 0 spiro atoms. The highest BCUT2D eigenvalue weighted by atomic mass is 19.1. The fourth-order valence-corrected chi connectivity index (χ4v) is 4.34. The molecule has 1 aliphatic heterocycles. The van der Waals surface area contributed by atoms with Crippen LogP contribution in [0.3, 0.4) is 0 Å². The van der Waals surface area contributed by atoms with Crippen LogP contribution >= 0.6 is 0 Å². The van der Waals surface area contributed by atoms with Crippen molar-refractivity contribution in [3.05, 3.63) is 65.5 Å². The summed E-state index contributed by atoms with van der Waals surface area (Å²) in [5.74, 6) is 0.775. The Hall–Kier alpha value is -2.40. The minimum atomic E-state index is -0.514. The van der Waals surface area contributed by atoms with Crippen LogP contribution in [0.4, 0.5) is 4.39 Å². The van der Waals surface area contributed by atoms with E-state index in [4.69, 9.17) is 4.74 Å². The van der Waals surface area contributed by atoms with E-state index in [2.05, 4.69) is 17.0 Å². The van der Waals surface area contributed by atoms with Crippen molar-refractivity contribution in [1.29, 1.82) is 0 Å². The summed E-state index contributed by atoms with van der Waals surface area (Å²) in [6, 6.07) is 14.7. The van der Waals surface area contributed by atoms with Gasteiger partial charge in [-0.25, -0.2) is 4.39 Å². The molecule has 1 saturated carbocycles. The number of methoxy groups -OCH3 is 1. The molecule has 28 heavy (non-hydrogen) atoms. The number of carbonyl (C=O) groups is 1. The second kappa shape index (κ2) is 7.92. The Bertz CT molecular complexity index is 825. The summed E-state index contributed by atoms with van der Waals surface area (Å²) < 4.78 is 18.9. The van der Waals surface area contributed by atoms with Crippen molar-refractivity contribution < 1.29 is 13.9 Å². The molecule has 0 unspecified atom stereocenters. The molecule has 0 atom stereocenters. The van der Waals surface area contributed by atoms with Gasteiger partial charge in [0.05, 0.1) is 12.5 Å². The quantitative estimate of drug-likeness (QED) is 0.792. The van der Waals surface area contributed by atoms with E-state index in [1.165, 1.54) is 17.7 Å². The number of hydrogen-bond donors (Lipinski definition) is 0. The molecule has 4 rings (SSSR count). The van der Waals surface area contributed by atoms with Crippen LogP contribution in [0, 0.1) is 5.82 Å². The fourth-order valence-electron chi connectivity index (χ4n) is 4.34. The largest absolute Gasteiger partial charge is 0.497 e. The standard InChI is InChI=1S/C23H27FN2O2/c1-28-21-8-6-18(7-9-21)17-25-12-14-26(15-13-25)22(27)23(10-3-11-23)19-4-2-5-20(24)16-19/h2,4-9,16H,3,10-15,17H2,1H3. The number of ether oxygens (including phenoxy) is 1. The molecular formula is C23H27FN2O2. The first-order valence-corrected chi connectivity index (χ1v) is 10.0. The van der Waals surface area contributed by atoms with Gasteiger partial charge in [-0.3, -0.25) is 9.69 Å². The van der Waals surface area contributed by atoms with E-state index in [1.54, 1.807) is 13.2 Å². The summed E-state index contributed by atoms with van der Waals surface area (Å²) >= 11 is 0. The smallest absolute Gasteiger partial charge is 0.233 e. The maximum atomic E-state index is 13.7. The zero-order valence-corrected chi connectivity index (χ0v) is 16.4. The van der Waals surface area contributed by atoms with Gasteiger partial charge in [-0.15, -0.1) is 0 Å². The first-order valence-electron chi connectivity index (χ1n) is 10.0. The lowest BCUT2D eigenvalue weighted by Gasteiger charge is -2.46. The number of hydrogen-bond acceptors (Lipinski definition) is 3. The van der Waals surface area contributed by atoms with Crippen molar-refractivity contribution in [2.45, 2.75) is 31.2 Å². The molecule has 0 bridgehead atoms. The maximum absolute atomic E-state index is 13.7. The van der Waals surface area contributed by atoms with E-state index in [0.717, 1.165) is 63.3 Å². The molecule has 2 aromatic carbocycles. The Balaban J connectivity index is 1.38. The molecular weight excluding hydrogens is 355 g/mol. The van der Waals surface area contributed by atoms with Gasteiger partial charge in [-0.05, 0) is 48.2 Å². The summed E-state index contributed by atoms with van der Waals surface area (Å²) in [5, 5.41) is 0. The predicted octanol–water partition coefficient (Wildman–Crippen LogP) is 3.60. The Morgan fingerprint density at radius 1 is 1.07 bits per heavy atom. The lowest BCUT2D eigenvalue weighted by atomic mass is 9.63. The van der Waals surface area contributed by atoms with Gasteiger partial charge in [0.15, 0.2) is 0 Å². The summed E-state index contributed by atoms with van der Waals surface area (Å²) in [5.41, 5.74) is 1.57. The van der Waals surface area contributed by atoms with Crippen molar-refractivity contribution >= 4 is 5.91 Å². The van der Waals surface area contributed by atoms with Crippen molar-refractivity contribution in [1.82, 2.24) is 9.80 Å². The van der Waals surface area contributed by atoms with Crippen molar-refractivity contribution in [3.63, 3.8) is 0 Å². The van der Waals surface area contributed by atoms with E-state index >= 15 is 0 Å².